The van der Waals surface area contributed by atoms with Crippen LogP contribution in [0.15, 0.2) is 64.5 Å². The molecule has 160 valence electrons. The first-order chi connectivity index (χ1) is 13.5. The van der Waals surface area contributed by atoms with Gasteiger partial charge in [0.1, 0.15) is 0 Å². The van der Waals surface area contributed by atoms with Crippen molar-refractivity contribution >= 4 is 63.1 Å². The van der Waals surface area contributed by atoms with E-state index in [4.69, 9.17) is 11.6 Å². The molecule has 0 radical (unpaired) electrons. The normalized spacial score (nSPS) is 11.6. The van der Waals surface area contributed by atoms with Crippen molar-refractivity contribution in [3.63, 3.8) is 0 Å². The predicted octanol–water partition coefficient (Wildman–Crippen LogP) is 4.22. The molecule has 0 bridgehead atoms. The van der Waals surface area contributed by atoms with Crippen LogP contribution in [0.25, 0.3) is 0 Å². The van der Waals surface area contributed by atoms with Crippen molar-refractivity contribution < 1.29 is 8.42 Å². The molecule has 0 aliphatic carbocycles. The van der Waals surface area contributed by atoms with Crippen LogP contribution in [0.2, 0.25) is 5.02 Å². The summed E-state index contributed by atoms with van der Waals surface area (Å²) in [6.07, 6.45) is 0.537. The number of benzene rings is 2. The number of nitrogens with one attached hydrogen (secondary N) is 2. The second-order valence-corrected chi connectivity index (χ2v) is 9.95. The fourth-order valence-electron chi connectivity index (χ4n) is 2.49. The van der Waals surface area contributed by atoms with Crippen LogP contribution in [-0.2, 0) is 15.6 Å². The Labute approximate surface area is 200 Å². The fraction of sp³-hybridized carbons (Fsp3) is 0.350. The van der Waals surface area contributed by atoms with E-state index in [1.165, 1.54) is 0 Å². The minimum Gasteiger partial charge on any atom is -0.356 e. The molecule has 0 unspecified atom stereocenters. The summed E-state index contributed by atoms with van der Waals surface area (Å²) in [4.78, 5) is 5.33. The molecule has 9 heteroatoms. The molecule has 5 nitrogen and oxygen atoms in total. The molecule has 0 aliphatic heterocycles. The highest BCUT2D eigenvalue weighted by Gasteiger charge is 2.11. The minimum absolute atomic E-state index is 0. The Kier molecular flexibility index (Phi) is 12.7. The van der Waals surface area contributed by atoms with Crippen LogP contribution in [0, 0.1) is 0 Å². The van der Waals surface area contributed by atoms with Crippen molar-refractivity contribution in [2.24, 2.45) is 4.99 Å². The van der Waals surface area contributed by atoms with E-state index in [1.54, 1.807) is 18.8 Å². The van der Waals surface area contributed by atoms with Crippen LogP contribution in [0.3, 0.4) is 0 Å². The molecule has 0 saturated carbocycles. The van der Waals surface area contributed by atoms with Gasteiger partial charge in [0.2, 0.25) is 0 Å². The summed E-state index contributed by atoms with van der Waals surface area (Å²) in [5, 5.41) is 7.12. The average molecular weight is 568 g/mol. The highest BCUT2D eigenvalue weighted by molar-refractivity contribution is 14.0. The van der Waals surface area contributed by atoms with Crippen molar-refractivity contribution in [1.82, 2.24) is 10.6 Å². The number of guanidine groups is 1. The van der Waals surface area contributed by atoms with Crippen LogP contribution >= 0.6 is 47.3 Å². The van der Waals surface area contributed by atoms with Crippen LogP contribution in [0.1, 0.15) is 12.0 Å². The van der Waals surface area contributed by atoms with Crippen molar-refractivity contribution in [2.75, 3.05) is 31.6 Å². The molecular weight excluding hydrogens is 541 g/mol. The van der Waals surface area contributed by atoms with Gasteiger partial charge >= 0.3 is 0 Å². The zero-order chi connectivity index (χ0) is 20.2. The maximum absolute atomic E-state index is 12.2. The third-order valence-corrected chi connectivity index (χ3v) is 6.80. The molecule has 0 aliphatic rings. The van der Waals surface area contributed by atoms with Gasteiger partial charge in [0.15, 0.2) is 15.8 Å². The number of hydrogen-bond donors (Lipinski definition) is 2. The molecule has 0 saturated heterocycles. The van der Waals surface area contributed by atoms with Crippen molar-refractivity contribution in [2.45, 2.75) is 17.1 Å². The molecule has 0 aromatic heterocycles. The number of sulfone groups is 1. The second-order valence-electron chi connectivity index (χ2n) is 6.16. The fourth-order valence-corrected chi connectivity index (χ4v) is 4.81. The van der Waals surface area contributed by atoms with E-state index in [9.17, 15) is 8.42 Å². The molecule has 29 heavy (non-hydrogen) atoms. The van der Waals surface area contributed by atoms with Crippen molar-refractivity contribution in [3.8, 4) is 0 Å². The van der Waals surface area contributed by atoms with Gasteiger partial charge in [-0.15, -0.1) is 35.7 Å². The van der Waals surface area contributed by atoms with Gasteiger partial charge in [0.25, 0.3) is 0 Å². The molecule has 2 aromatic rings. The SMILES string of the molecule is CN=C(NCCCS(=O)(=O)Cc1ccccc1)NCCSc1ccc(Cl)cc1.I. The summed E-state index contributed by atoms with van der Waals surface area (Å²) in [5.74, 6) is 1.80. The highest BCUT2D eigenvalue weighted by atomic mass is 127. The number of thioether (sulfide) groups is 1. The van der Waals surface area contributed by atoms with E-state index in [0.717, 1.165) is 27.8 Å². The minimum atomic E-state index is -3.11. The Bertz CT molecular complexity index is 848. The summed E-state index contributed by atoms with van der Waals surface area (Å²) in [7, 11) is -1.40. The van der Waals surface area contributed by atoms with Gasteiger partial charge in [-0.25, -0.2) is 8.42 Å². The van der Waals surface area contributed by atoms with Crippen molar-refractivity contribution in [1.29, 1.82) is 0 Å². The predicted molar refractivity (Wildman–Crippen MR) is 136 cm³/mol. The molecule has 0 heterocycles. The van der Waals surface area contributed by atoms with E-state index in [1.807, 2.05) is 54.6 Å². The summed E-state index contributed by atoms with van der Waals surface area (Å²) < 4.78 is 24.4. The van der Waals surface area contributed by atoms with E-state index >= 15 is 0 Å². The standard InChI is InChI=1S/C20H26ClN3O2S2.HI/c1-22-20(24-13-14-27-19-10-8-18(21)9-11-19)23-12-5-15-28(25,26)16-17-6-3-2-4-7-17;/h2-4,6-11H,5,12-16H2,1H3,(H2,22,23,24);1H. The molecule has 2 aromatic carbocycles. The zero-order valence-corrected chi connectivity index (χ0v) is 21.0. The van der Waals surface area contributed by atoms with Gasteiger partial charge in [0.05, 0.1) is 11.5 Å². The van der Waals surface area contributed by atoms with Gasteiger partial charge < -0.3 is 10.6 Å². The van der Waals surface area contributed by atoms with Crippen LogP contribution in [0.5, 0.6) is 0 Å². The number of rotatable bonds is 10. The van der Waals surface area contributed by atoms with Gasteiger partial charge in [0, 0.05) is 35.8 Å². The second kappa shape index (κ2) is 14.1. The Morgan fingerprint density at radius 1 is 1.03 bits per heavy atom. The first-order valence-corrected chi connectivity index (χ1v) is 12.2. The maximum atomic E-state index is 12.2. The highest BCUT2D eigenvalue weighted by Crippen LogP contribution is 2.19. The third kappa shape index (κ3) is 11.1. The lowest BCUT2D eigenvalue weighted by atomic mass is 10.2. The summed E-state index contributed by atoms with van der Waals surface area (Å²) >= 11 is 7.61. The van der Waals surface area contributed by atoms with Gasteiger partial charge in [-0.3, -0.25) is 4.99 Å². The van der Waals surface area contributed by atoms with Gasteiger partial charge in [-0.05, 0) is 36.2 Å². The van der Waals surface area contributed by atoms with Crippen LogP contribution in [-0.4, -0.2) is 46.0 Å². The largest absolute Gasteiger partial charge is 0.356 e. The summed E-state index contributed by atoms with van der Waals surface area (Å²) in [5.41, 5.74) is 0.825. The Balaban J connectivity index is 0.00000420. The molecule has 0 amide bonds. The lowest BCUT2D eigenvalue weighted by Gasteiger charge is -2.12. The zero-order valence-electron chi connectivity index (χ0n) is 16.3. The number of hydrogen-bond acceptors (Lipinski definition) is 4. The molecule has 2 rings (SSSR count). The van der Waals surface area contributed by atoms with E-state index in [2.05, 4.69) is 15.6 Å². The smallest absolute Gasteiger partial charge is 0.191 e. The Hall–Kier alpha value is -0.970. The molecule has 0 atom stereocenters. The summed E-state index contributed by atoms with van der Waals surface area (Å²) in [6.45, 7) is 1.30. The Morgan fingerprint density at radius 3 is 2.34 bits per heavy atom. The number of nitrogens with zero attached hydrogens (tertiary/aromatic N) is 1. The van der Waals surface area contributed by atoms with E-state index in [0.29, 0.717) is 18.9 Å². The van der Waals surface area contributed by atoms with E-state index in [-0.39, 0.29) is 35.5 Å². The maximum Gasteiger partial charge on any atom is 0.191 e. The van der Waals surface area contributed by atoms with Crippen LogP contribution in [0.4, 0.5) is 0 Å². The molecule has 2 N–H and O–H groups in total. The van der Waals surface area contributed by atoms with Gasteiger partial charge in [-0.1, -0.05) is 41.9 Å². The third-order valence-electron chi connectivity index (χ3n) is 3.85. The van der Waals surface area contributed by atoms with Crippen LogP contribution < -0.4 is 10.6 Å². The van der Waals surface area contributed by atoms with E-state index < -0.39 is 9.84 Å². The summed E-state index contributed by atoms with van der Waals surface area (Å²) in [6, 6.07) is 17.0. The lowest BCUT2D eigenvalue weighted by molar-refractivity contribution is 0.591. The first kappa shape index (κ1) is 26.1. The van der Waals surface area contributed by atoms with Gasteiger partial charge in [-0.2, -0.15) is 0 Å². The van der Waals surface area contributed by atoms with Crippen molar-refractivity contribution in [3.05, 3.63) is 65.2 Å². The molecule has 0 fully saturated rings. The molecular formula is C20H27ClIN3O2S2. The average Bonchev–Trinajstić information content (AvgIpc) is 2.68. The topological polar surface area (TPSA) is 70.6 Å². The monoisotopic (exact) mass is 567 g/mol. The quantitative estimate of drug-likeness (QED) is 0.148. The lowest BCUT2D eigenvalue weighted by Crippen LogP contribution is -2.39. The first-order valence-electron chi connectivity index (χ1n) is 9.06. The Morgan fingerprint density at radius 2 is 1.69 bits per heavy atom. The number of halogens is 2. The molecule has 0 spiro atoms. The number of aliphatic imine (C=N–C) groups is 1.